The van der Waals surface area contributed by atoms with E-state index in [1.165, 1.54) is 0 Å². The van der Waals surface area contributed by atoms with Gasteiger partial charge in [0.05, 0.1) is 19.8 Å². The standard InChI is InChI=1S/C13H26N2O3/c1-3-18-13(16)5-4-6-14-11(2)9-12-10-17-8-7-15-12/h11-12,14-15H,3-10H2,1-2H3. The summed E-state index contributed by atoms with van der Waals surface area (Å²) in [6.45, 7) is 7.88. The monoisotopic (exact) mass is 258 g/mol. The molecule has 18 heavy (non-hydrogen) atoms. The summed E-state index contributed by atoms with van der Waals surface area (Å²) in [5.74, 6) is -0.102. The first-order valence-corrected chi connectivity index (χ1v) is 6.92. The van der Waals surface area contributed by atoms with Crippen molar-refractivity contribution in [3.63, 3.8) is 0 Å². The largest absolute Gasteiger partial charge is 0.466 e. The van der Waals surface area contributed by atoms with Crippen LogP contribution in [0.5, 0.6) is 0 Å². The molecule has 1 heterocycles. The van der Waals surface area contributed by atoms with Gasteiger partial charge in [0, 0.05) is 25.0 Å². The van der Waals surface area contributed by atoms with Crippen molar-refractivity contribution in [3.8, 4) is 0 Å². The van der Waals surface area contributed by atoms with Crippen LogP contribution in [0.1, 0.15) is 33.1 Å². The Morgan fingerprint density at radius 2 is 2.44 bits per heavy atom. The van der Waals surface area contributed by atoms with Crippen molar-refractivity contribution in [2.24, 2.45) is 0 Å². The van der Waals surface area contributed by atoms with E-state index in [0.717, 1.165) is 39.1 Å². The molecule has 0 aromatic carbocycles. The minimum absolute atomic E-state index is 0.102. The van der Waals surface area contributed by atoms with Crippen LogP contribution in [0.3, 0.4) is 0 Å². The molecule has 2 N–H and O–H groups in total. The average Bonchev–Trinajstić information content (AvgIpc) is 2.36. The van der Waals surface area contributed by atoms with E-state index in [-0.39, 0.29) is 5.97 Å². The first-order chi connectivity index (χ1) is 8.72. The third-order valence-electron chi connectivity index (χ3n) is 2.99. The molecule has 5 heteroatoms. The molecule has 1 saturated heterocycles. The molecule has 0 bridgehead atoms. The Hall–Kier alpha value is -0.650. The molecule has 5 nitrogen and oxygen atoms in total. The number of nitrogens with one attached hydrogen (secondary N) is 2. The van der Waals surface area contributed by atoms with Gasteiger partial charge in [0.15, 0.2) is 0 Å². The fourth-order valence-corrected chi connectivity index (χ4v) is 2.10. The van der Waals surface area contributed by atoms with Crippen molar-refractivity contribution in [1.82, 2.24) is 10.6 Å². The van der Waals surface area contributed by atoms with Crippen molar-refractivity contribution in [2.45, 2.75) is 45.2 Å². The molecular weight excluding hydrogens is 232 g/mol. The lowest BCUT2D eigenvalue weighted by atomic mass is 10.1. The number of hydrogen-bond donors (Lipinski definition) is 2. The van der Waals surface area contributed by atoms with Crippen LogP contribution in [0.25, 0.3) is 0 Å². The second-order valence-electron chi connectivity index (χ2n) is 4.73. The van der Waals surface area contributed by atoms with Gasteiger partial charge in [0.1, 0.15) is 0 Å². The van der Waals surface area contributed by atoms with E-state index in [2.05, 4.69) is 17.6 Å². The van der Waals surface area contributed by atoms with Gasteiger partial charge >= 0.3 is 5.97 Å². The van der Waals surface area contributed by atoms with Crippen molar-refractivity contribution < 1.29 is 14.3 Å². The minimum Gasteiger partial charge on any atom is -0.466 e. The van der Waals surface area contributed by atoms with Crippen LogP contribution in [-0.4, -0.2) is 51.0 Å². The number of carbonyl (C=O) groups excluding carboxylic acids is 1. The molecule has 2 atom stereocenters. The van der Waals surface area contributed by atoms with Gasteiger partial charge < -0.3 is 20.1 Å². The van der Waals surface area contributed by atoms with Gasteiger partial charge in [-0.25, -0.2) is 0 Å². The van der Waals surface area contributed by atoms with Gasteiger partial charge in [-0.3, -0.25) is 4.79 Å². The van der Waals surface area contributed by atoms with Crippen molar-refractivity contribution in [2.75, 3.05) is 32.9 Å². The first-order valence-electron chi connectivity index (χ1n) is 6.92. The number of rotatable bonds is 8. The Bertz CT molecular complexity index is 230. The molecule has 0 radical (unpaired) electrons. The van der Waals surface area contributed by atoms with Crippen LogP contribution in [0.15, 0.2) is 0 Å². The van der Waals surface area contributed by atoms with Crippen LogP contribution in [0.4, 0.5) is 0 Å². The Kier molecular flexibility index (Phi) is 7.96. The summed E-state index contributed by atoms with van der Waals surface area (Å²) in [6, 6.07) is 0.887. The minimum atomic E-state index is -0.102. The lowest BCUT2D eigenvalue weighted by Gasteiger charge is -2.26. The van der Waals surface area contributed by atoms with E-state index < -0.39 is 0 Å². The van der Waals surface area contributed by atoms with E-state index in [1.54, 1.807) is 0 Å². The topological polar surface area (TPSA) is 59.6 Å². The number of hydrogen-bond acceptors (Lipinski definition) is 5. The fraction of sp³-hybridized carbons (Fsp3) is 0.923. The van der Waals surface area contributed by atoms with Gasteiger partial charge in [-0.05, 0) is 33.2 Å². The maximum atomic E-state index is 11.1. The molecule has 0 aromatic heterocycles. The summed E-state index contributed by atoms with van der Waals surface area (Å²) in [5.41, 5.74) is 0. The highest BCUT2D eigenvalue weighted by atomic mass is 16.5. The summed E-state index contributed by atoms with van der Waals surface area (Å²) in [5, 5.41) is 6.86. The highest BCUT2D eigenvalue weighted by molar-refractivity contribution is 5.69. The SMILES string of the molecule is CCOC(=O)CCCNC(C)CC1COCCN1. The van der Waals surface area contributed by atoms with E-state index in [1.807, 2.05) is 6.92 Å². The third-order valence-corrected chi connectivity index (χ3v) is 2.99. The number of carbonyl (C=O) groups is 1. The van der Waals surface area contributed by atoms with E-state index in [4.69, 9.17) is 9.47 Å². The van der Waals surface area contributed by atoms with Crippen LogP contribution in [0.2, 0.25) is 0 Å². The number of ether oxygens (including phenoxy) is 2. The summed E-state index contributed by atoms with van der Waals surface area (Å²) in [6.07, 6.45) is 2.38. The predicted octanol–water partition coefficient (Wildman–Crippen LogP) is 0.686. The fourth-order valence-electron chi connectivity index (χ4n) is 2.10. The summed E-state index contributed by atoms with van der Waals surface area (Å²) < 4.78 is 10.3. The van der Waals surface area contributed by atoms with Gasteiger partial charge in [0.2, 0.25) is 0 Å². The molecule has 1 aliphatic rings. The smallest absolute Gasteiger partial charge is 0.305 e. The Balaban J connectivity index is 1.99. The van der Waals surface area contributed by atoms with Crippen LogP contribution >= 0.6 is 0 Å². The molecule has 0 aliphatic carbocycles. The lowest BCUT2D eigenvalue weighted by Crippen LogP contribution is -2.45. The van der Waals surface area contributed by atoms with E-state index in [0.29, 0.717) is 25.1 Å². The van der Waals surface area contributed by atoms with Gasteiger partial charge in [-0.1, -0.05) is 0 Å². The molecule has 1 aliphatic heterocycles. The lowest BCUT2D eigenvalue weighted by molar-refractivity contribution is -0.143. The van der Waals surface area contributed by atoms with E-state index >= 15 is 0 Å². The number of esters is 1. The summed E-state index contributed by atoms with van der Waals surface area (Å²) >= 11 is 0. The average molecular weight is 258 g/mol. The normalized spacial score (nSPS) is 21.6. The Labute approximate surface area is 110 Å². The van der Waals surface area contributed by atoms with Gasteiger partial charge in [0.25, 0.3) is 0 Å². The zero-order valence-corrected chi connectivity index (χ0v) is 11.5. The molecule has 106 valence electrons. The molecule has 0 spiro atoms. The van der Waals surface area contributed by atoms with Gasteiger partial charge in [-0.2, -0.15) is 0 Å². The highest BCUT2D eigenvalue weighted by Gasteiger charge is 2.15. The van der Waals surface area contributed by atoms with Crippen LogP contribution < -0.4 is 10.6 Å². The first kappa shape index (κ1) is 15.4. The second kappa shape index (κ2) is 9.30. The molecular formula is C13H26N2O3. The molecule has 0 saturated carbocycles. The zero-order chi connectivity index (χ0) is 13.2. The van der Waals surface area contributed by atoms with E-state index in [9.17, 15) is 4.79 Å². The van der Waals surface area contributed by atoms with Crippen LogP contribution in [0, 0.1) is 0 Å². The molecule has 0 amide bonds. The summed E-state index contributed by atoms with van der Waals surface area (Å²) in [4.78, 5) is 11.1. The van der Waals surface area contributed by atoms with Crippen molar-refractivity contribution in [3.05, 3.63) is 0 Å². The predicted molar refractivity (Wildman–Crippen MR) is 70.6 cm³/mol. The number of morpholine rings is 1. The Morgan fingerprint density at radius 3 is 3.11 bits per heavy atom. The molecule has 2 unspecified atom stereocenters. The molecule has 1 fully saturated rings. The second-order valence-corrected chi connectivity index (χ2v) is 4.73. The van der Waals surface area contributed by atoms with Crippen molar-refractivity contribution in [1.29, 1.82) is 0 Å². The third kappa shape index (κ3) is 6.93. The zero-order valence-electron chi connectivity index (χ0n) is 11.5. The maximum Gasteiger partial charge on any atom is 0.305 e. The highest BCUT2D eigenvalue weighted by Crippen LogP contribution is 2.02. The van der Waals surface area contributed by atoms with Gasteiger partial charge in [-0.15, -0.1) is 0 Å². The quantitative estimate of drug-likeness (QED) is 0.495. The molecule has 1 rings (SSSR count). The Morgan fingerprint density at radius 1 is 1.61 bits per heavy atom. The maximum absolute atomic E-state index is 11.1. The van der Waals surface area contributed by atoms with Crippen molar-refractivity contribution >= 4 is 5.97 Å². The van der Waals surface area contributed by atoms with Crippen LogP contribution in [-0.2, 0) is 14.3 Å². The summed E-state index contributed by atoms with van der Waals surface area (Å²) in [7, 11) is 0. The molecule has 0 aromatic rings.